The molecule has 0 bridgehead atoms. The van der Waals surface area contributed by atoms with Gasteiger partial charge in [0.1, 0.15) is 11.6 Å². The molecule has 16 heavy (non-hydrogen) atoms. The number of rotatable bonds is 4. The summed E-state index contributed by atoms with van der Waals surface area (Å²) in [5.41, 5.74) is 10.8. The maximum atomic E-state index is 13.4. The lowest BCUT2D eigenvalue weighted by Gasteiger charge is -2.13. The van der Waals surface area contributed by atoms with Gasteiger partial charge in [-0.05, 0) is 31.5 Å². The molecule has 6 heteroatoms. The van der Waals surface area contributed by atoms with Crippen LogP contribution in [-0.2, 0) is 0 Å². The van der Waals surface area contributed by atoms with Crippen molar-refractivity contribution < 1.29 is 8.78 Å². The smallest absolute Gasteiger partial charge is 0.132 e. The molecule has 0 heterocycles. The second kappa shape index (κ2) is 7.01. The molecule has 0 unspecified atom stereocenters. The van der Waals surface area contributed by atoms with Gasteiger partial charge in [-0.3, -0.25) is 0 Å². The van der Waals surface area contributed by atoms with Gasteiger partial charge in [0.15, 0.2) is 0 Å². The molecule has 0 aliphatic heterocycles. The van der Waals surface area contributed by atoms with Gasteiger partial charge in [0.05, 0.1) is 0 Å². The third-order valence-electron chi connectivity index (χ3n) is 2.13. The molecule has 1 aromatic rings. The second-order valence-electron chi connectivity index (χ2n) is 3.32. The Morgan fingerprint density at radius 1 is 1.25 bits per heavy atom. The molecule has 1 atom stereocenters. The van der Waals surface area contributed by atoms with Crippen LogP contribution in [0.15, 0.2) is 12.1 Å². The van der Waals surface area contributed by atoms with E-state index < -0.39 is 17.7 Å². The van der Waals surface area contributed by atoms with E-state index in [1.165, 1.54) is 0 Å². The van der Waals surface area contributed by atoms with E-state index in [1.54, 1.807) is 0 Å². The average Bonchev–Trinajstić information content (AvgIpc) is 2.12. The number of benzene rings is 1. The molecule has 0 spiro atoms. The maximum Gasteiger partial charge on any atom is 0.132 e. The summed E-state index contributed by atoms with van der Waals surface area (Å²) in [6, 6.07) is 1.44. The Kier molecular flexibility index (Phi) is 6.83. The molecule has 0 aliphatic carbocycles. The monoisotopic (exact) mass is 270 g/mol. The van der Waals surface area contributed by atoms with Crippen LogP contribution in [-0.4, -0.2) is 6.54 Å². The summed E-state index contributed by atoms with van der Waals surface area (Å²) in [4.78, 5) is 0. The molecule has 92 valence electrons. The average molecular weight is 271 g/mol. The quantitative estimate of drug-likeness (QED) is 0.884. The number of halogens is 4. The number of hydrogen-bond acceptors (Lipinski definition) is 2. The molecule has 1 rings (SSSR count). The van der Waals surface area contributed by atoms with Crippen LogP contribution in [0.2, 0.25) is 5.02 Å². The molecule has 0 saturated carbocycles. The van der Waals surface area contributed by atoms with Gasteiger partial charge in [-0.2, -0.15) is 0 Å². The standard InChI is InChI=1S/C10H13ClF2N2.ClH/c11-6-4-7(12)10(8(13)5-6)9(15)2-1-3-14;/h4-5,9H,1-3,14-15H2;1H/t9-;/m1./s1. The van der Waals surface area contributed by atoms with Crippen molar-refractivity contribution in [2.45, 2.75) is 18.9 Å². The summed E-state index contributed by atoms with van der Waals surface area (Å²) in [6.45, 7) is 0.449. The molecule has 0 amide bonds. The Morgan fingerprint density at radius 3 is 2.19 bits per heavy atom. The van der Waals surface area contributed by atoms with Crippen LogP contribution in [0.4, 0.5) is 8.78 Å². The fraction of sp³-hybridized carbons (Fsp3) is 0.400. The summed E-state index contributed by atoms with van der Waals surface area (Å²) in [5.74, 6) is -1.41. The van der Waals surface area contributed by atoms with E-state index in [9.17, 15) is 8.78 Å². The van der Waals surface area contributed by atoms with Crippen LogP contribution < -0.4 is 11.5 Å². The summed E-state index contributed by atoms with van der Waals surface area (Å²) in [7, 11) is 0. The lowest BCUT2D eigenvalue weighted by molar-refractivity contribution is 0.506. The molecule has 0 saturated heterocycles. The van der Waals surface area contributed by atoms with Crippen molar-refractivity contribution in [2.24, 2.45) is 11.5 Å². The Labute approximate surface area is 104 Å². The second-order valence-corrected chi connectivity index (χ2v) is 3.76. The van der Waals surface area contributed by atoms with Gasteiger partial charge in [-0.1, -0.05) is 11.6 Å². The third-order valence-corrected chi connectivity index (χ3v) is 2.35. The van der Waals surface area contributed by atoms with Crippen LogP contribution in [0.5, 0.6) is 0 Å². The van der Waals surface area contributed by atoms with Crippen LogP contribution in [0.3, 0.4) is 0 Å². The molecule has 2 nitrogen and oxygen atoms in total. The Morgan fingerprint density at radius 2 is 1.75 bits per heavy atom. The highest BCUT2D eigenvalue weighted by molar-refractivity contribution is 6.30. The topological polar surface area (TPSA) is 52.0 Å². The first kappa shape index (κ1) is 15.6. The Bertz CT molecular complexity index is 325. The fourth-order valence-electron chi connectivity index (χ4n) is 1.39. The summed E-state index contributed by atoms with van der Waals surface area (Å²) >= 11 is 5.49. The van der Waals surface area contributed by atoms with E-state index >= 15 is 0 Å². The SMILES string of the molecule is Cl.NCCC[C@@H](N)c1c(F)cc(Cl)cc1F. The molecule has 0 aliphatic rings. The van der Waals surface area contributed by atoms with Crippen molar-refractivity contribution >= 4 is 24.0 Å². The first-order valence-electron chi connectivity index (χ1n) is 4.66. The number of nitrogens with two attached hydrogens (primary N) is 2. The first-order chi connectivity index (χ1) is 7.06. The van der Waals surface area contributed by atoms with Crippen molar-refractivity contribution in [3.63, 3.8) is 0 Å². The lowest BCUT2D eigenvalue weighted by atomic mass is 10.0. The zero-order valence-corrected chi connectivity index (χ0v) is 10.1. The molecular formula is C10H14Cl2F2N2. The van der Waals surface area contributed by atoms with Gasteiger partial charge in [-0.15, -0.1) is 12.4 Å². The zero-order chi connectivity index (χ0) is 11.4. The van der Waals surface area contributed by atoms with Crippen LogP contribution >= 0.6 is 24.0 Å². The van der Waals surface area contributed by atoms with Crippen molar-refractivity contribution in [3.8, 4) is 0 Å². The van der Waals surface area contributed by atoms with E-state index in [0.717, 1.165) is 12.1 Å². The molecule has 4 N–H and O–H groups in total. The van der Waals surface area contributed by atoms with Gasteiger partial charge >= 0.3 is 0 Å². The van der Waals surface area contributed by atoms with Crippen LogP contribution in [0.25, 0.3) is 0 Å². The van der Waals surface area contributed by atoms with E-state index in [4.69, 9.17) is 23.1 Å². The van der Waals surface area contributed by atoms with Crippen LogP contribution in [0, 0.1) is 11.6 Å². The van der Waals surface area contributed by atoms with E-state index in [2.05, 4.69) is 0 Å². The van der Waals surface area contributed by atoms with Gasteiger partial charge in [0.25, 0.3) is 0 Å². The highest BCUT2D eigenvalue weighted by Crippen LogP contribution is 2.25. The first-order valence-corrected chi connectivity index (χ1v) is 5.04. The predicted octanol–water partition coefficient (Wildman–Crippen LogP) is 2.78. The highest BCUT2D eigenvalue weighted by atomic mass is 35.5. The van der Waals surface area contributed by atoms with E-state index in [-0.39, 0.29) is 23.0 Å². The maximum absolute atomic E-state index is 13.4. The van der Waals surface area contributed by atoms with E-state index in [0.29, 0.717) is 19.4 Å². The van der Waals surface area contributed by atoms with Gasteiger partial charge in [0, 0.05) is 16.6 Å². The van der Waals surface area contributed by atoms with Gasteiger partial charge < -0.3 is 11.5 Å². The molecule has 1 aromatic carbocycles. The molecule has 0 aromatic heterocycles. The van der Waals surface area contributed by atoms with Crippen molar-refractivity contribution in [2.75, 3.05) is 6.54 Å². The number of hydrogen-bond donors (Lipinski definition) is 2. The third kappa shape index (κ3) is 3.87. The van der Waals surface area contributed by atoms with Crippen molar-refractivity contribution in [1.29, 1.82) is 0 Å². The molecule has 0 fully saturated rings. The minimum absolute atomic E-state index is 0. The molecular weight excluding hydrogens is 257 g/mol. The summed E-state index contributed by atoms with van der Waals surface area (Å²) in [5, 5.41) is 0.0276. The normalized spacial score (nSPS) is 12.1. The van der Waals surface area contributed by atoms with Crippen molar-refractivity contribution in [1.82, 2.24) is 0 Å². The summed E-state index contributed by atoms with van der Waals surface area (Å²) in [6.07, 6.45) is 1.08. The van der Waals surface area contributed by atoms with Crippen molar-refractivity contribution in [3.05, 3.63) is 34.4 Å². The van der Waals surface area contributed by atoms with Gasteiger partial charge in [0.2, 0.25) is 0 Å². The minimum Gasteiger partial charge on any atom is -0.330 e. The lowest BCUT2D eigenvalue weighted by Crippen LogP contribution is -2.16. The fourth-order valence-corrected chi connectivity index (χ4v) is 1.58. The Hall–Kier alpha value is -0.420. The van der Waals surface area contributed by atoms with Crippen LogP contribution in [0.1, 0.15) is 24.4 Å². The minimum atomic E-state index is -0.704. The van der Waals surface area contributed by atoms with Gasteiger partial charge in [-0.25, -0.2) is 8.78 Å². The van der Waals surface area contributed by atoms with E-state index in [1.807, 2.05) is 0 Å². The summed E-state index contributed by atoms with van der Waals surface area (Å²) < 4.78 is 26.7. The largest absolute Gasteiger partial charge is 0.330 e. The highest BCUT2D eigenvalue weighted by Gasteiger charge is 2.17. The predicted molar refractivity (Wildman–Crippen MR) is 63.8 cm³/mol. The Balaban J connectivity index is 0.00000225. The zero-order valence-electron chi connectivity index (χ0n) is 8.55. The molecule has 0 radical (unpaired) electrons.